The summed E-state index contributed by atoms with van der Waals surface area (Å²) in [4.78, 5) is 14.9. The van der Waals surface area contributed by atoms with Crippen LogP contribution in [0.2, 0.25) is 0 Å². The van der Waals surface area contributed by atoms with Crippen molar-refractivity contribution in [2.45, 2.75) is 24.7 Å². The van der Waals surface area contributed by atoms with Crippen molar-refractivity contribution in [1.29, 1.82) is 0 Å². The number of aryl methyl sites for hydroxylation is 2. The second-order valence-electron chi connectivity index (χ2n) is 7.59. The molecule has 4 rings (SSSR count). The number of ether oxygens (including phenoxy) is 1. The van der Waals surface area contributed by atoms with E-state index in [4.69, 9.17) is 4.74 Å². The number of morpholine rings is 1. The molecular weight excluding hydrogens is 400 g/mol. The van der Waals surface area contributed by atoms with Gasteiger partial charge in [0.25, 0.3) is 5.91 Å². The SMILES string of the molecule is Cc1cccc2c1N(C(=O)/C=C/c1ccc(S(=O)(=O)N3CCOCC3)cc1)CCC2. The molecule has 2 aromatic carbocycles. The van der Waals surface area contributed by atoms with E-state index in [1.807, 2.05) is 24.0 Å². The molecule has 30 heavy (non-hydrogen) atoms. The van der Waals surface area contributed by atoms with Crippen LogP contribution in [-0.4, -0.2) is 51.5 Å². The first-order valence-electron chi connectivity index (χ1n) is 10.2. The number of fused-ring (bicyclic) bond motifs is 1. The van der Waals surface area contributed by atoms with Crippen LogP contribution in [0.25, 0.3) is 6.08 Å². The maximum absolute atomic E-state index is 12.8. The van der Waals surface area contributed by atoms with Crippen LogP contribution in [0.15, 0.2) is 53.4 Å². The molecule has 0 bridgehead atoms. The smallest absolute Gasteiger partial charge is 0.251 e. The predicted molar refractivity (Wildman–Crippen MR) is 117 cm³/mol. The van der Waals surface area contributed by atoms with Crippen molar-refractivity contribution in [3.8, 4) is 0 Å². The van der Waals surface area contributed by atoms with E-state index in [1.165, 1.54) is 9.87 Å². The van der Waals surface area contributed by atoms with E-state index in [2.05, 4.69) is 6.07 Å². The quantitative estimate of drug-likeness (QED) is 0.705. The van der Waals surface area contributed by atoms with Crippen molar-refractivity contribution in [3.63, 3.8) is 0 Å². The van der Waals surface area contributed by atoms with E-state index >= 15 is 0 Å². The molecule has 2 heterocycles. The third-order valence-electron chi connectivity index (χ3n) is 5.59. The van der Waals surface area contributed by atoms with Crippen molar-refractivity contribution in [2.75, 3.05) is 37.7 Å². The second-order valence-corrected chi connectivity index (χ2v) is 9.53. The molecule has 2 aliphatic heterocycles. The van der Waals surface area contributed by atoms with E-state index in [9.17, 15) is 13.2 Å². The van der Waals surface area contributed by atoms with Crippen LogP contribution in [0.4, 0.5) is 5.69 Å². The maximum Gasteiger partial charge on any atom is 0.251 e. The van der Waals surface area contributed by atoms with E-state index in [0.717, 1.165) is 29.7 Å². The molecule has 0 saturated carbocycles. The van der Waals surface area contributed by atoms with Crippen molar-refractivity contribution in [2.24, 2.45) is 0 Å². The van der Waals surface area contributed by atoms with Crippen molar-refractivity contribution >= 4 is 27.7 Å². The fourth-order valence-electron chi connectivity index (χ4n) is 4.01. The average Bonchev–Trinajstić information content (AvgIpc) is 2.78. The van der Waals surface area contributed by atoms with Crippen LogP contribution in [0.5, 0.6) is 0 Å². The van der Waals surface area contributed by atoms with Gasteiger partial charge in [-0.3, -0.25) is 4.79 Å². The monoisotopic (exact) mass is 426 g/mol. The number of benzene rings is 2. The third-order valence-corrected chi connectivity index (χ3v) is 7.50. The zero-order valence-electron chi connectivity index (χ0n) is 17.1. The molecule has 0 unspecified atom stereocenters. The minimum atomic E-state index is -3.51. The number of hydrogen-bond acceptors (Lipinski definition) is 4. The fourth-order valence-corrected chi connectivity index (χ4v) is 5.42. The Morgan fingerprint density at radius 3 is 2.50 bits per heavy atom. The largest absolute Gasteiger partial charge is 0.379 e. The lowest BCUT2D eigenvalue weighted by molar-refractivity contribution is -0.114. The number of para-hydroxylation sites is 1. The van der Waals surface area contributed by atoms with Crippen molar-refractivity contribution < 1.29 is 17.9 Å². The van der Waals surface area contributed by atoms with Crippen LogP contribution in [0.1, 0.15) is 23.1 Å². The Bertz CT molecular complexity index is 1060. The van der Waals surface area contributed by atoms with Crippen molar-refractivity contribution in [1.82, 2.24) is 4.31 Å². The lowest BCUT2D eigenvalue weighted by Crippen LogP contribution is -2.40. The molecule has 1 saturated heterocycles. The lowest BCUT2D eigenvalue weighted by Gasteiger charge is -2.30. The summed E-state index contributed by atoms with van der Waals surface area (Å²) >= 11 is 0. The van der Waals surface area contributed by atoms with Gasteiger partial charge >= 0.3 is 0 Å². The number of nitrogens with zero attached hydrogens (tertiary/aromatic N) is 2. The van der Waals surface area contributed by atoms with E-state index < -0.39 is 10.0 Å². The van der Waals surface area contributed by atoms with E-state index in [-0.39, 0.29) is 10.8 Å². The minimum absolute atomic E-state index is 0.0599. The highest BCUT2D eigenvalue weighted by atomic mass is 32.2. The molecule has 6 nitrogen and oxygen atoms in total. The zero-order valence-corrected chi connectivity index (χ0v) is 17.9. The molecule has 1 fully saturated rings. The second kappa shape index (κ2) is 8.71. The van der Waals surface area contributed by atoms with Gasteiger partial charge in [0.2, 0.25) is 10.0 Å². The lowest BCUT2D eigenvalue weighted by atomic mass is 9.98. The number of carbonyl (C=O) groups is 1. The number of hydrogen-bond donors (Lipinski definition) is 0. The first kappa shape index (κ1) is 20.8. The van der Waals surface area contributed by atoms with Crippen LogP contribution in [-0.2, 0) is 26.0 Å². The number of carbonyl (C=O) groups excluding carboxylic acids is 1. The molecule has 0 atom stereocenters. The van der Waals surface area contributed by atoms with Gasteiger partial charge in [-0.1, -0.05) is 30.3 Å². The van der Waals surface area contributed by atoms with Gasteiger partial charge in [-0.2, -0.15) is 4.31 Å². The van der Waals surface area contributed by atoms with Crippen LogP contribution < -0.4 is 4.90 Å². The Morgan fingerprint density at radius 1 is 1.03 bits per heavy atom. The summed E-state index contributed by atoms with van der Waals surface area (Å²) in [6.45, 7) is 4.31. The first-order chi connectivity index (χ1) is 14.5. The Kier molecular flexibility index (Phi) is 6.04. The highest BCUT2D eigenvalue weighted by molar-refractivity contribution is 7.89. The number of amides is 1. The molecular formula is C23H26N2O4S. The molecule has 158 valence electrons. The summed E-state index contributed by atoms with van der Waals surface area (Å²) in [7, 11) is -3.51. The Hall–Kier alpha value is -2.48. The van der Waals surface area contributed by atoms with Gasteiger partial charge in [-0.15, -0.1) is 0 Å². The fraction of sp³-hybridized carbons (Fsp3) is 0.348. The minimum Gasteiger partial charge on any atom is -0.379 e. The summed E-state index contributed by atoms with van der Waals surface area (Å²) in [5.41, 5.74) is 4.11. The number of anilines is 1. The van der Waals surface area contributed by atoms with Crippen LogP contribution in [0, 0.1) is 6.92 Å². The first-order valence-corrected chi connectivity index (χ1v) is 11.7. The van der Waals surface area contributed by atoms with Crippen molar-refractivity contribution in [3.05, 3.63) is 65.2 Å². The number of sulfonamides is 1. The average molecular weight is 427 g/mol. The standard InChI is InChI=1S/C23H26N2O4S/c1-18-4-2-5-20-6-3-13-25(23(18)20)22(26)12-9-19-7-10-21(11-8-19)30(27,28)24-14-16-29-17-15-24/h2,4-5,7-12H,3,6,13-17H2,1H3/b12-9+. The predicted octanol–water partition coefficient (Wildman–Crippen LogP) is 3.01. The summed E-state index contributed by atoms with van der Waals surface area (Å²) in [6.07, 6.45) is 5.24. The van der Waals surface area contributed by atoms with Gasteiger partial charge in [0.15, 0.2) is 0 Å². The topological polar surface area (TPSA) is 66.9 Å². The molecule has 0 spiro atoms. The molecule has 7 heteroatoms. The van der Waals surface area contributed by atoms with Gasteiger partial charge in [-0.25, -0.2) is 8.42 Å². The molecule has 0 aromatic heterocycles. The van der Waals surface area contributed by atoms with Crippen LogP contribution >= 0.6 is 0 Å². The highest BCUT2D eigenvalue weighted by Gasteiger charge is 2.26. The normalized spacial score (nSPS) is 17.8. The molecule has 1 amide bonds. The van der Waals surface area contributed by atoms with E-state index in [0.29, 0.717) is 32.8 Å². The summed E-state index contributed by atoms with van der Waals surface area (Å²) in [5.74, 6) is -0.0599. The molecule has 2 aromatic rings. The molecule has 0 aliphatic carbocycles. The van der Waals surface area contributed by atoms with Gasteiger partial charge in [0.1, 0.15) is 0 Å². The molecule has 0 radical (unpaired) electrons. The molecule has 0 N–H and O–H groups in total. The maximum atomic E-state index is 12.8. The Morgan fingerprint density at radius 2 is 1.77 bits per heavy atom. The molecule has 2 aliphatic rings. The summed E-state index contributed by atoms with van der Waals surface area (Å²) in [6, 6.07) is 12.8. The Labute approximate surface area is 177 Å². The van der Waals surface area contributed by atoms with Crippen LogP contribution in [0.3, 0.4) is 0 Å². The highest BCUT2D eigenvalue weighted by Crippen LogP contribution is 2.30. The number of rotatable bonds is 4. The van der Waals surface area contributed by atoms with Gasteiger partial charge in [-0.05, 0) is 54.7 Å². The third kappa shape index (κ3) is 4.19. The van der Waals surface area contributed by atoms with E-state index in [1.54, 1.807) is 36.4 Å². The van der Waals surface area contributed by atoms with Gasteiger partial charge < -0.3 is 9.64 Å². The zero-order chi connectivity index (χ0) is 21.1. The summed E-state index contributed by atoms with van der Waals surface area (Å²) in [5, 5.41) is 0. The van der Waals surface area contributed by atoms with Gasteiger partial charge in [0, 0.05) is 25.7 Å². The summed E-state index contributed by atoms with van der Waals surface area (Å²) < 4.78 is 32.1. The van der Waals surface area contributed by atoms with Gasteiger partial charge in [0.05, 0.1) is 23.8 Å². The Balaban J connectivity index is 1.48.